The SMILES string of the molecule is CCOC(=O)c1cnc2cc(OCC)c(N3CCN(C(=O)OC(C)(C)C)CC3)cc2c1Nc1cc(C)ccc1F. The number of carbonyl (C=O) groups is 2. The first-order valence-electron chi connectivity index (χ1n) is 13.5. The summed E-state index contributed by atoms with van der Waals surface area (Å²) in [4.78, 5) is 33.9. The van der Waals surface area contributed by atoms with Crippen LogP contribution in [-0.2, 0) is 9.47 Å². The third-order valence-corrected chi connectivity index (χ3v) is 6.40. The third kappa shape index (κ3) is 6.55. The molecule has 214 valence electrons. The van der Waals surface area contributed by atoms with E-state index in [1.54, 1.807) is 24.0 Å². The molecule has 1 aromatic heterocycles. The van der Waals surface area contributed by atoms with Crippen LogP contribution >= 0.6 is 0 Å². The van der Waals surface area contributed by atoms with E-state index >= 15 is 0 Å². The maximum atomic E-state index is 14.8. The van der Waals surface area contributed by atoms with Gasteiger partial charge in [0.1, 0.15) is 22.7 Å². The molecule has 4 rings (SSSR count). The highest BCUT2D eigenvalue weighted by Gasteiger charge is 2.28. The van der Waals surface area contributed by atoms with Crippen LogP contribution in [0.3, 0.4) is 0 Å². The van der Waals surface area contributed by atoms with Gasteiger partial charge in [-0.3, -0.25) is 4.98 Å². The number of aromatic nitrogens is 1. The van der Waals surface area contributed by atoms with Crippen molar-refractivity contribution in [2.24, 2.45) is 0 Å². The average molecular weight is 553 g/mol. The molecule has 9 nitrogen and oxygen atoms in total. The number of aryl methyl sites for hydroxylation is 1. The molecule has 0 atom stereocenters. The number of hydrogen-bond acceptors (Lipinski definition) is 8. The Morgan fingerprint density at radius 2 is 1.77 bits per heavy atom. The van der Waals surface area contributed by atoms with Crippen LogP contribution in [0, 0.1) is 12.7 Å². The number of esters is 1. The zero-order valence-electron chi connectivity index (χ0n) is 24.0. The molecule has 2 aromatic carbocycles. The molecular weight excluding hydrogens is 515 g/mol. The first-order chi connectivity index (χ1) is 19.0. The van der Waals surface area contributed by atoms with Crippen molar-refractivity contribution in [2.75, 3.05) is 49.6 Å². The maximum absolute atomic E-state index is 14.8. The number of piperazine rings is 1. The molecule has 0 bridgehead atoms. The second-order valence-corrected chi connectivity index (χ2v) is 10.6. The van der Waals surface area contributed by atoms with Gasteiger partial charge in [0.05, 0.1) is 35.8 Å². The molecule has 1 saturated heterocycles. The molecule has 0 aliphatic carbocycles. The summed E-state index contributed by atoms with van der Waals surface area (Å²) in [5, 5.41) is 3.76. The van der Waals surface area contributed by atoms with E-state index in [-0.39, 0.29) is 24.0 Å². The molecule has 0 spiro atoms. The minimum absolute atomic E-state index is 0.186. The summed E-state index contributed by atoms with van der Waals surface area (Å²) in [7, 11) is 0. The maximum Gasteiger partial charge on any atom is 0.410 e. The number of carbonyl (C=O) groups excluding carboxylic acids is 2. The van der Waals surface area contributed by atoms with Crippen molar-refractivity contribution in [1.82, 2.24) is 9.88 Å². The predicted molar refractivity (Wildman–Crippen MR) is 153 cm³/mol. The quantitative estimate of drug-likeness (QED) is 0.354. The molecule has 1 fully saturated rings. The van der Waals surface area contributed by atoms with E-state index < -0.39 is 17.4 Å². The van der Waals surface area contributed by atoms with Crippen LogP contribution in [-0.4, -0.2) is 66.9 Å². The van der Waals surface area contributed by atoms with Gasteiger partial charge in [0.15, 0.2) is 0 Å². The van der Waals surface area contributed by atoms with Gasteiger partial charge in [-0.1, -0.05) is 6.07 Å². The fourth-order valence-electron chi connectivity index (χ4n) is 4.55. The Morgan fingerprint density at radius 1 is 1.05 bits per heavy atom. The van der Waals surface area contributed by atoms with Gasteiger partial charge in [-0.2, -0.15) is 0 Å². The van der Waals surface area contributed by atoms with E-state index in [9.17, 15) is 14.0 Å². The lowest BCUT2D eigenvalue weighted by molar-refractivity contribution is 0.0240. The fourth-order valence-corrected chi connectivity index (χ4v) is 4.55. The highest BCUT2D eigenvalue weighted by molar-refractivity contribution is 6.07. The summed E-state index contributed by atoms with van der Waals surface area (Å²) < 4.78 is 31.6. The van der Waals surface area contributed by atoms with Crippen LogP contribution in [0.4, 0.5) is 26.2 Å². The lowest BCUT2D eigenvalue weighted by Gasteiger charge is -2.37. The lowest BCUT2D eigenvalue weighted by Crippen LogP contribution is -2.50. The molecule has 0 unspecified atom stereocenters. The first-order valence-corrected chi connectivity index (χ1v) is 13.5. The van der Waals surface area contributed by atoms with Gasteiger partial charge in [-0.05, 0) is 65.3 Å². The van der Waals surface area contributed by atoms with Gasteiger partial charge < -0.3 is 29.3 Å². The topological polar surface area (TPSA) is 93.2 Å². The minimum atomic E-state index is -0.571. The molecular formula is C30H37FN4O5. The second kappa shape index (κ2) is 12.0. The van der Waals surface area contributed by atoms with Crippen molar-refractivity contribution in [3.05, 3.63) is 53.5 Å². The number of halogens is 1. The zero-order valence-corrected chi connectivity index (χ0v) is 24.0. The van der Waals surface area contributed by atoms with Crippen molar-refractivity contribution in [3.63, 3.8) is 0 Å². The molecule has 1 N–H and O–H groups in total. The number of nitrogens with zero attached hydrogens (tertiary/aromatic N) is 3. The number of fused-ring (bicyclic) bond motifs is 1. The summed E-state index contributed by atoms with van der Waals surface area (Å²) >= 11 is 0. The summed E-state index contributed by atoms with van der Waals surface area (Å²) in [6.45, 7) is 13.7. The van der Waals surface area contributed by atoms with Gasteiger partial charge in [0.25, 0.3) is 0 Å². The van der Waals surface area contributed by atoms with Gasteiger partial charge >= 0.3 is 12.1 Å². The molecule has 1 amide bonds. The highest BCUT2D eigenvalue weighted by atomic mass is 19.1. The largest absolute Gasteiger partial charge is 0.492 e. The minimum Gasteiger partial charge on any atom is -0.492 e. The Hall–Kier alpha value is -4.08. The molecule has 10 heteroatoms. The zero-order chi connectivity index (χ0) is 29.0. The van der Waals surface area contributed by atoms with E-state index in [0.29, 0.717) is 55.1 Å². The van der Waals surface area contributed by atoms with Crippen LogP contribution in [0.25, 0.3) is 10.9 Å². The smallest absolute Gasteiger partial charge is 0.410 e. The highest BCUT2D eigenvalue weighted by Crippen LogP contribution is 2.39. The van der Waals surface area contributed by atoms with Gasteiger partial charge in [0, 0.05) is 43.8 Å². The normalized spacial score (nSPS) is 13.8. The van der Waals surface area contributed by atoms with Crippen molar-refractivity contribution < 1.29 is 28.2 Å². The molecule has 3 aromatic rings. The molecule has 0 radical (unpaired) electrons. The Balaban J connectivity index is 1.77. The number of pyridine rings is 1. The number of hydrogen-bond donors (Lipinski definition) is 1. The van der Waals surface area contributed by atoms with Gasteiger partial charge in [-0.15, -0.1) is 0 Å². The van der Waals surface area contributed by atoms with Crippen LogP contribution in [0.15, 0.2) is 36.5 Å². The number of rotatable bonds is 7. The predicted octanol–water partition coefficient (Wildman–Crippen LogP) is 6.06. The Kier molecular flexibility index (Phi) is 8.66. The summed E-state index contributed by atoms with van der Waals surface area (Å²) in [6, 6.07) is 8.47. The summed E-state index contributed by atoms with van der Waals surface area (Å²) in [6.07, 6.45) is 1.09. The molecule has 1 aliphatic rings. The average Bonchev–Trinajstić information content (AvgIpc) is 2.90. The Labute approximate surface area is 234 Å². The lowest BCUT2D eigenvalue weighted by atomic mass is 10.1. The van der Waals surface area contributed by atoms with Crippen LogP contribution in [0.2, 0.25) is 0 Å². The van der Waals surface area contributed by atoms with Gasteiger partial charge in [0.2, 0.25) is 0 Å². The molecule has 1 aliphatic heterocycles. The van der Waals surface area contributed by atoms with E-state index in [1.165, 1.54) is 12.3 Å². The fraction of sp³-hybridized carbons (Fsp3) is 0.433. The van der Waals surface area contributed by atoms with Crippen LogP contribution in [0.5, 0.6) is 5.75 Å². The molecule has 40 heavy (non-hydrogen) atoms. The summed E-state index contributed by atoms with van der Waals surface area (Å²) in [5.41, 5.74) is 2.47. The van der Waals surface area contributed by atoms with Gasteiger partial charge in [-0.25, -0.2) is 14.0 Å². The monoisotopic (exact) mass is 552 g/mol. The van der Waals surface area contributed by atoms with Crippen molar-refractivity contribution >= 4 is 40.0 Å². The van der Waals surface area contributed by atoms with E-state index in [4.69, 9.17) is 14.2 Å². The standard InChI is InChI=1S/C30H37FN4O5/c1-7-38-26-17-23-20(16-25(26)34-11-13-35(14-12-34)29(37)40-30(4,5)6)27(21(18-32-23)28(36)39-8-2)33-24-15-19(3)9-10-22(24)31/h9-10,15-18H,7-8,11-14H2,1-6H3,(H,32,33). The number of anilines is 3. The third-order valence-electron chi connectivity index (χ3n) is 6.40. The van der Waals surface area contributed by atoms with Crippen molar-refractivity contribution in [3.8, 4) is 5.75 Å². The molecule has 2 heterocycles. The van der Waals surface area contributed by atoms with Crippen LogP contribution < -0.4 is 15.0 Å². The first kappa shape index (κ1) is 28.9. The molecule has 0 saturated carbocycles. The van der Waals surface area contributed by atoms with Crippen molar-refractivity contribution in [2.45, 2.75) is 47.1 Å². The number of benzene rings is 2. The Morgan fingerprint density at radius 3 is 2.42 bits per heavy atom. The second-order valence-electron chi connectivity index (χ2n) is 10.6. The number of ether oxygens (including phenoxy) is 3. The number of amides is 1. The van der Waals surface area contributed by atoms with E-state index in [2.05, 4.69) is 15.2 Å². The summed E-state index contributed by atoms with van der Waals surface area (Å²) in [5.74, 6) is -0.381. The number of nitrogens with one attached hydrogen (secondary N) is 1. The van der Waals surface area contributed by atoms with E-state index in [1.807, 2.05) is 46.8 Å². The van der Waals surface area contributed by atoms with Crippen LogP contribution in [0.1, 0.15) is 50.5 Å². The Bertz CT molecular complexity index is 1400. The van der Waals surface area contributed by atoms with E-state index in [0.717, 1.165) is 11.3 Å². The van der Waals surface area contributed by atoms with Crippen molar-refractivity contribution in [1.29, 1.82) is 0 Å².